The summed E-state index contributed by atoms with van der Waals surface area (Å²) in [5.74, 6) is -2.20. The number of esters is 1. The van der Waals surface area contributed by atoms with Gasteiger partial charge in [0.25, 0.3) is 0 Å². The molecule has 0 amide bonds. The minimum Gasteiger partial charge on any atom is -0.458 e. The maximum Gasteiger partial charge on any atom is 0.306 e. The summed E-state index contributed by atoms with van der Waals surface area (Å²) in [4.78, 5) is 23.3. The zero-order chi connectivity index (χ0) is 15.8. The minimum absolute atomic E-state index is 0.00922. The summed E-state index contributed by atoms with van der Waals surface area (Å²) in [5.41, 5.74) is 0.974. The van der Waals surface area contributed by atoms with Gasteiger partial charge in [0, 0.05) is 5.71 Å². The molecule has 0 fully saturated rings. The second-order valence-corrected chi connectivity index (χ2v) is 4.89. The van der Waals surface area contributed by atoms with Crippen molar-refractivity contribution in [3.8, 4) is 6.07 Å². The summed E-state index contributed by atoms with van der Waals surface area (Å²) in [6.07, 6.45) is 0.165. The Hall–Kier alpha value is -2.48. The van der Waals surface area contributed by atoms with Crippen LogP contribution in [0.1, 0.15) is 31.7 Å². The first-order chi connectivity index (χ1) is 9.95. The number of Topliss-reactive ketones (excluding diaryl/α,β-unsaturated/α-hetero) is 1. The van der Waals surface area contributed by atoms with E-state index in [1.807, 2.05) is 37.3 Å². The van der Waals surface area contributed by atoms with Gasteiger partial charge in [-0.25, -0.2) is 0 Å². The molecule has 0 unspecified atom stereocenters. The van der Waals surface area contributed by atoms with Crippen LogP contribution in [0.2, 0.25) is 0 Å². The summed E-state index contributed by atoms with van der Waals surface area (Å²) >= 11 is 0. The highest BCUT2D eigenvalue weighted by atomic mass is 16.5. The molecule has 0 aromatic heterocycles. The van der Waals surface area contributed by atoms with Gasteiger partial charge in [0.1, 0.15) is 5.92 Å². The second kappa shape index (κ2) is 7.95. The lowest BCUT2D eigenvalue weighted by molar-refractivity contribution is -0.148. The number of benzene rings is 1. The van der Waals surface area contributed by atoms with E-state index in [0.717, 1.165) is 5.56 Å². The molecule has 2 atom stereocenters. The second-order valence-electron chi connectivity index (χ2n) is 4.89. The van der Waals surface area contributed by atoms with Crippen molar-refractivity contribution >= 4 is 17.5 Å². The lowest BCUT2D eigenvalue weighted by atomic mass is 9.98. The highest BCUT2D eigenvalue weighted by molar-refractivity contribution is 6.05. The van der Waals surface area contributed by atoms with Gasteiger partial charge in [-0.3, -0.25) is 9.59 Å². The largest absolute Gasteiger partial charge is 0.458 e. The predicted octanol–water partition coefficient (Wildman–Crippen LogP) is 2.47. The highest BCUT2D eigenvalue weighted by Crippen LogP contribution is 2.18. The average Bonchev–Trinajstić information content (AvgIpc) is 2.46. The zero-order valence-electron chi connectivity index (χ0n) is 12.1. The molecule has 110 valence electrons. The van der Waals surface area contributed by atoms with Crippen molar-refractivity contribution in [3.05, 3.63) is 35.9 Å². The minimum atomic E-state index is -1.13. The van der Waals surface area contributed by atoms with Crippen LogP contribution < -0.4 is 0 Å². The van der Waals surface area contributed by atoms with Crippen molar-refractivity contribution in [1.82, 2.24) is 0 Å². The van der Waals surface area contributed by atoms with Crippen molar-refractivity contribution in [3.63, 3.8) is 0 Å². The van der Waals surface area contributed by atoms with Gasteiger partial charge in [-0.15, -0.1) is 0 Å². The van der Waals surface area contributed by atoms with E-state index in [1.165, 1.54) is 6.92 Å². The first kappa shape index (κ1) is 16.6. The fraction of sp³-hybridized carbons (Fsp3) is 0.375. The number of hydrogen-bond acceptors (Lipinski definition) is 5. The highest BCUT2D eigenvalue weighted by Gasteiger charge is 2.22. The van der Waals surface area contributed by atoms with Crippen LogP contribution in [0.3, 0.4) is 0 Å². The summed E-state index contributed by atoms with van der Waals surface area (Å²) in [6.45, 7) is 2.82. The molecule has 0 saturated carbocycles. The fourth-order valence-electron chi connectivity index (χ4n) is 1.85. The number of carbonyl (C=O) groups is 2. The van der Waals surface area contributed by atoms with Gasteiger partial charge in [0.05, 0.1) is 12.5 Å². The lowest BCUT2D eigenvalue weighted by Gasteiger charge is -2.12. The van der Waals surface area contributed by atoms with E-state index in [2.05, 4.69) is 0 Å². The molecule has 0 aliphatic carbocycles. The maximum absolute atomic E-state index is 11.7. The number of rotatable bonds is 7. The number of hydrogen-bond donors (Lipinski definition) is 1. The van der Waals surface area contributed by atoms with Gasteiger partial charge in [-0.05, 0) is 18.4 Å². The van der Waals surface area contributed by atoms with Crippen LogP contribution in [0.4, 0.5) is 0 Å². The van der Waals surface area contributed by atoms with Crippen molar-refractivity contribution in [2.45, 2.75) is 26.2 Å². The summed E-state index contributed by atoms with van der Waals surface area (Å²) in [7, 11) is 0. The van der Waals surface area contributed by atoms with E-state index >= 15 is 0 Å². The first-order valence-electron chi connectivity index (χ1n) is 6.63. The molecule has 1 aromatic carbocycles. The molecule has 1 N–H and O–H groups in total. The SMILES string of the molecule is CC(=N)[C@@H](C#N)C(=O)COC(=O)C[C@H](C)c1ccccc1. The van der Waals surface area contributed by atoms with Crippen LogP contribution in [0.25, 0.3) is 0 Å². The molecule has 1 aromatic rings. The predicted molar refractivity (Wildman–Crippen MR) is 77.9 cm³/mol. The summed E-state index contributed by atoms with van der Waals surface area (Å²) in [6, 6.07) is 11.3. The Morgan fingerprint density at radius 1 is 1.33 bits per heavy atom. The number of carbonyl (C=O) groups excluding carboxylic acids is 2. The molecule has 0 heterocycles. The Kier molecular flexibility index (Phi) is 6.28. The number of ketones is 1. The van der Waals surface area contributed by atoms with Gasteiger partial charge in [0.2, 0.25) is 0 Å². The van der Waals surface area contributed by atoms with Crippen molar-refractivity contribution in [2.24, 2.45) is 5.92 Å². The quantitative estimate of drug-likeness (QED) is 0.615. The molecule has 5 nitrogen and oxygen atoms in total. The molecule has 0 saturated heterocycles. The number of nitrogens with zero attached hydrogens (tertiary/aromatic N) is 1. The Morgan fingerprint density at radius 2 is 1.95 bits per heavy atom. The summed E-state index contributed by atoms with van der Waals surface area (Å²) in [5, 5.41) is 16.1. The Balaban J connectivity index is 2.46. The molecule has 0 radical (unpaired) electrons. The van der Waals surface area contributed by atoms with E-state index < -0.39 is 24.3 Å². The van der Waals surface area contributed by atoms with E-state index in [4.69, 9.17) is 15.4 Å². The van der Waals surface area contributed by atoms with Crippen molar-refractivity contribution in [1.29, 1.82) is 10.7 Å². The molecule has 0 aliphatic rings. The molecule has 5 heteroatoms. The van der Waals surface area contributed by atoms with Crippen molar-refractivity contribution in [2.75, 3.05) is 6.61 Å². The Bertz CT molecular complexity index is 561. The third-order valence-electron chi connectivity index (χ3n) is 3.10. The zero-order valence-corrected chi connectivity index (χ0v) is 12.1. The Labute approximate surface area is 124 Å². The van der Waals surface area contributed by atoms with Crippen molar-refractivity contribution < 1.29 is 14.3 Å². The summed E-state index contributed by atoms with van der Waals surface area (Å²) < 4.78 is 4.89. The third-order valence-corrected chi connectivity index (χ3v) is 3.10. The van der Waals surface area contributed by atoms with Crippen LogP contribution in [0.15, 0.2) is 30.3 Å². The topological polar surface area (TPSA) is 91.0 Å². The molecule has 0 aliphatic heterocycles. The number of ether oxygens (including phenoxy) is 1. The van der Waals surface area contributed by atoms with Crippen LogP contribution in [0.5, 0.6) is 0 Å². The van der Waals surface area contributed by atoms with E-state index in [1.54, 1.807) is 6.07 Å². The van der Waals surface area contributed by atoms with Crippen LogP contribution in [-0.2, 0) is 14.3 Å². The molecule has 0 bridgehead atoms. The van der Waals surface area contributed by atoms with Gasteiger partial charge in [0.15, 0.2) is 12.4 Å². The van der Waals surface area contributed by atoms with Crippen LogP contribution in [-0.4, -0.2) is 24.1 Å². The maximum atomic E-state index is 11.7. The molecular weight excluding hydrogens is 268 g/mol. The van der Waals surface area contributed by atoms with E-state index in [0.29, 0.717) is 0 Å². The molecule has 1 rings (SSSR count). The smallest absolute Gasteiger partial charge is 0.306 e. The Morgan fingerprint density at radius 3 is 2.48 bits per heavy atom. The van der Waals surface area contributed by atoms with Crippen LogP contribution >= 0.6 is 0 Å². The molecule has 0 spiro atoms. The number of nitriles is 1. The van der Waals surface area contributed by atoms with Gasteiger partial charge >= 0.3 is 5.97 Å². The van der Waals surface area contributed by atoms with Crippen LogP contribution in [0, 0.1) is 22.7 Å². The van der Waals surface area contributed by atoms with Gasteiger partial charge < -0.3 is 10.1 Å². The fourth-order valence-corrected chi connectivity index (χ4v) is 1.85. The third kappa shape index (κ3) is 5.19. The normalized spacial score (nSPS) is 12.8. The first-order valence-corrected chi connectivity index (χ1v) is 6.63. The number of nitrogens with one attached hydrogen (secondary N) is 1. The molecule has 21 heavy (non-hydrogen) atoms. The monoisotopic (exact) mass is 286 g/mol. The van der Waals surface area contributed by atoms with Gasteiger partial charge in [-0.2, -0.15) is 5.26 Å². The standard InChI is InChI=1S/C16H18N2O3/c1-11(13-6-4-3-5-7-13)8-16(20)21-10-15(19)14(9-17)12(2)18/h3-7,11,14,18H,8,10H2,1-2H3/t11-,14+/m0/s1. The molecular formula is C16H18N2O3. The van der Waals surface area contributed by atoms with Gasteiger partial charge in [-0.1, -0.05) is 37.3 Å². The average molecular weight is 286 g/mol. The van der Waals surface area contributed by atoms with E-state index in [9.17, 15) is 9.59 Å². The van der Waals surface area contributed by atoms with E-state index in [-0.39, 0.29) is 18.1 Å². The lowest BCUT2D eigenvalue weighted by Crippen LogP contribution is -2.25.